The van der Waals surface area contributed by atoms with Crippen LogP contribution < -0.4 is 5.32 Å². The lowest BCUT2D eigenvalue weighted by atomic mass is 9.99. The van der Waals surface area contributed by atoms with Crippen LogP contribution in [0.2, 0.25) is 0 Å². The molecule has 2 aromatic rings. The number of nitrogens with zero attached hydrogens (tertiary/aromatic N) is 2. The highest BCUT2D eigenvalue weighted by Gasteiger charge is 2.21. The number of likely N-dealkylation sites (tertiary alicyclic amines) is 2. The number of hydrogen-bond donors (Lipinski definition) is 1. The Labute approximate surface area is 185 Å². The molecular formula is C26H33N3O2. The highest BCUT2D eigenvalue weighted by molar-refractivity contribution is 6.09. The minimum absolute atomic E-state index is 0.00166. The molecule has 0 unspecified atom stereocenters. The van der Waals surface area contributed by atoms with Gasteiger partial charge in [-0.25, -0.2) is 0 Å². The number of anilines is 1. The quantitative estimate of drug-likeness (QED) is 0.758. The molecule has 164 valence electrons. The maximum atomic E-state index is 13.0. The van der Waals surface area contributed by atoms with Crippen LogP contribution in [-0.2, 0) is 6.54 Å². The Balaban J connectivity index is 1.40. The Kier molecular flexibility index (Phi) is 7.03. The Hall–Kier alpha value is -2.66. The first-order valence-electron chi connectivity index (χ1n) is 11.6. The van der Waals surface area contributed by atoms with E-state index in [0.717, 1.165) is 51.5 Å². The fraction of sp³-hybridized carbons (Fsp3) is 0.462. The monoisotopic (exact) mass is 419 g/mol. The number of carbonyl (C=O) groups is 2. The van der Waals surface area contributed by atoms with Gasteiger partial charge in [-0.2, -0.15) is 0 Å². The number of nitrogens with one attached hydrogen (secondary N) is 1. The summed E-state index contributed by atoms with van der Waals surface area (Å²) < 4.78 is 0. The van der Waals surface area contributed by atoms with Crippen LogP contribution in [0.15, 0.2) is 48.5 Å². The van der Waals surface area contributed by atoms with Crippen molar-refractivity contribution in [3.05, 3.63) is 65.2 Å². The molecule has 5 nitrogen and oxygen atoms in total. The van der Waals surface area contributed by atoms with E-state index in [-0.39, 0.29) is 11.8 Å². The van der Waals surface area contributed by atoms with Crippen molar-refractivity contribution in [2.75, 3.05) is 31.5 Å². The second-order valence-electron chi connectivity index (χ2n) is 9.01. The summed E-state index contributed by atoms with van der Waals surface area (Å²) in [4.78, 5) is 30.2. The van der Waals surface area contributed by atoms with Crippen LogP contribution in [0.4, 0.5) is 5.69 Å². The van der Waals surface area contributed by atoms with Gasteiger partial charge >= 0.3 is 0 Å². The Morgan fingerprint density at radius 2 is 1.58 bits per heavy atom. The van der Waals surface area contributed by atoms with Gasteiger partial charge in [-0.3, -0.25) is 14.5 Å². The number of hydrogen-bond acceptors (Lipinski definition) is 3. The molecular weight excluding hydrogens is 386 g/mol. The lowest BCUT2D eigenvalue weighted by Crippen LogP contribution is -2.36. The molecule has 1 N–H and O–H groups in total. The molecule has 0 bridgehead atoms. The first-order chi connectivity index (χ1) is 15.1. The third kappa shape index (κ3) is 5.53. The van der Waals surface area contributed by atoms with Crippen molar-refractivity contribution in [3.8, 4) is 0 Å². The molecule has 2 fully saturated rings. The minimum Gasteiger partial charge on any atom is -0.339 e. The van der Waals surface area contributed by atoms with Crippen LogP contribution in [0.3, 0.4) is 0 Å². The van der Waals surface area contributed by atoms with Gasteiger partial charge in [0.2, 0.25) is 0 Å². The summed E-state index contributed by atoms with van der Waals surface area (Å²) in [5.74, 6) is 0.644. The number of para-hydroxylation sites is 1. The third-order valence-corrected chi connectivity index (χ3v) is 6.55. The Morgan fingerprint density at radius 3 is 2.29 bits per heavy atom. The second-order valence-corrected chi connectivity index (χ2v) is 9.01. The van der Waals surface area contributed by atoms with E-state index in [4.69, 9.17) is 0 Å². The summed E-state index contributed by atoms with van der Waals surface area (Å²) in [6, 6.07) is 15.2. The molecule has 4 rings (SSSR count). The van der Waals surface area contributed by atoms with Crippen molar-refractivity contribution >= 4 is 17.5 Å². The van der Waals surface area contributed by atoms with Gasteiger partial charge in [0, 0.05) is 25.2 Å². The zero-order valence-electron chi connectivity index (χ0n) is 18.5. The van der Waals surface area contributed by atoms with E-state index in [0.29, 0.717) is 16.8 Å². The van der Waals surface area contributed by atoms with E-state index in [1.165, 1.54) is 24.8 Å². The molecule has 0 aromatic heterocycles. The van der Waals surface area contributed by atoms with Crippen molar-refractivity contribution < 1.29 is 9.59 Å². The average Bonchev–Trinajstić information content (AvgIpc) is 2.81. The topological polar surface area (TPSA) is 52.7 Å². The van der Waals surface area contributed by atoms with Crippen molar-refractivity contribution in [3.63, 3.8) is 0 Å². The fourth-order valence-corrected chi connectivity index (χ4v) is 4.48. The summed E-state index contributed by atoms with van der Waals surface area (Å²) in [5.41, 5.74) is 2.98. The highest BCUT2D eigenvalue weighted by Crippen LogP contribution is 2.22. The van der Waals surface area contributed by atoms with E-state index in [9.17, 15) is 9.59 Å². The molecule has 2 saturated heterocycles. The average molecular weight is 420 g/mol. The summed E-state index contributed by atoms with van der Waals surface area (Å²) in [6.07, 6.45) is 5.78. The molecule has 31 heavy (non-hydrogen) atoms. The van der Waals surface area contributed by atoms with E-state index in [1.54, 1.807) is 12.1 Å². The van der Waals surface area contributed by atoms with Gasteiger partial charge in [-0.05, 0) is 80.9 Å². The maximum Gasteiger partial charge on any atom is 0.255 e. The summed E-state index contributed by atoms with van der Waals surface area (Å²) in [6.45, 7) is 7.12. The van der Waals surface area contributed by atoms with E-state index < -0.39 is 0 Å². The lowest BCUT2D eigenvalue weighted by Gasteiger charge is -2.30. The standard InChI is InChI=1S/C26H33N3O2/c1-20-13-17-28(18-14-20)19-21-9-11-22(12-10-21)25(30)27-24-8-4-3-7-23(24)26(31)29-15-5-2-6-16-29/h3-4,7-12,20H,2,5-6,13-19H2,1H3,(H,27,30). The number of piperidine rings is 2. The zero-order valence-corrected chi connectivity index (χ0v) is 18.5. The summed E-state index contributed by atoms with van der Waals surface area (Å²) in [5, 5.41) is 2.96. The number of benzene rings is 2. The van der Waals surface area contributed by atoms with Gasteiger partial charge in [0.05, 0.1) is 11.3 Å². The van der Waals surface area contributed by atoms with Crippen molar-refractivity contribution in [1.29, 1.82) is 0 Å². The van der Waals surface area contributed by atoms with Crippen LogP contribution in [0.1, 0.15) is 65.3 Å². The SMILES string of the molecule is CC1CCN(Cc2ccc(C(=O)Nc3ccccc3C(=O)N3CCCCC3)cc2)CC1. The molecule has 2 aliphatic rings. The summed E-state index contributed by atoms with van der Waals surface area (Å²) in [7, 11) is 0. The molecule has 0 spiro atoms. The lowest BCUT2D eigenvalue weighted by molar-refractivity contribution is 0.0725. The van der Waals surface area contributed by atoms with Gasteiger partial charge < -0.3 is 10.2 Å². The predicted molar refractivity (Wildman–Crippen MR) is 124 cm³/mol. The van der Waals surface area contributed by atoms with Crippen LogP contribution in [-0.4, -0.2) is 47.8 Å². The Bertz CT molecular complexity index is 895. The molecule has 2 aromatic carbocycles. The number of rotatable bonds is 5. The number of amides is 2. The highest BCUT2D eigenvalue weighted by atomic mass is 16.2. The Morgan fingerprint density at radius 1 is 0.903 bits per heavy atom. The van der Waals surface area contributed by atoms with Gasteiger partial charge in [-0.15, -0.1) is 0 Å². The smallest absolute Gasteiger partial charge is 0.255 e. The molecule has 2 amide bonds. The molecule has 0 atom stereocenters. The fourth-order valence-electron chi connectivity index (χ4n) is 4.48. The second kappa shape index (κ2) is 10.1. The third-order valence-electron chi connectivity index (χ3n) is 6.55. The van der Waals surface area contributed by atoms with Gasteiger partial charge in [0.15, 0.2) is 0 Å². The minimum atomic E-state index is -0.183. The van der Waals surface area contributed by atoms with E-state index >= 15 is 0 Å². The molecule has 0 saturated carbocycles. The van der Waals surface area contributed by atoms with Crippen molar-refractivity contribution in [2.24, 2.45) is 5.92 Å². The normalized spacial score (nSPS) is 18.0. The van der Waals surface area contributed by atoms with Crippen molar-refractivity contribution in [1.82, 2.24) is 9.80 Å². The van der Waals surface area contributed by atoms with Gasteiger partial charge in [0.25, 0.3) is 11.8 Å². The molecule has 5 heteroatoms. The van der Waals surface area contributed by atoms with Crippen LogP contribution in [0.5, 0.6) is 0 Å². The van der Waals surface area contributed by atoms with Crippen LogP contribution >= 0.6 is 0 Å². The molecule has 2 heterocycles. The molecule has 0 aliphatic carbocycles. The van der Waals surface area contributed by atoms with Gasteiger partial charge in [0.1, 0.15) is 0 Å². The summed E-state index contributed by atoms with van der Waals surface area (Å²) >= 11 is 0. The van der Waals surface area contributed by atoms with E-state index in [2.05, 4.69) is 17.1 Å². The van der Waals surface area contributed by atoms with E-state index in [1.807, 2.05) is 41.3 Å². The first kappa shape index (κ1) is 21.6. The molecule has 2 aliphatic heterocycles. The maximum absolute atomic E-state index is 13.0. The number of carbonyl (C=O) groups excluding carboxylic acids is 2. The predicted octanol–water partition coefficient (Wildman–Crippen LogP) is 4.80. The van der Waals surface area contributed by atoms with Crippen molar-refractivity contribution in [2.45, 2.75) is 45.6 Å². The zero-order chi connectivity index (χ0) is 21.6. The van der Waals surface area contributed by atoms with Crippen LogP contribution in [0.25, 0.3) is 0 Å². The largest absolute Gasteiger partial charge is 0.339 e. The first-order valence-corrected chi connectivity index (χ1v) is 11.6. The van der Waals surface area contributed by atoms with Gasteiger partial charge in [-0.1, -0.05) is 31.2 Å². The molecule has 0 radical (unpaired) electrons. The van der Waals surface area contributed by atoms with Crippen LogP contribution in [0, 0.1) is 5.92 Å².